The molecule has 0 unspecified atom stereocenters. The fraction of sp³-hybridized carbons (Fsp3) is 0.250. The van der Waals surface area contributed by atoms with Gasteiger partial charge in [-0.2, -0.15) is 0 Å². The number of carbonyl (C=O) groups is 1. The van der Waals surface area contributed by atoms with E-state index in [1.807, 2.05) is 39.2 Å². The number of benzene rings is 1. The maximum atomic E-state index is 12.7. The number of aryl methyl sites for hydroxylation is 1. The number of fused-ring (bicyclic) bond motifs is 1. The molecular formula is C28H29BrN9O3+. The molecule has 12 nitrogen and oxygen atoms in total. The zero-order valence-electron chi connectivity index (χ0n) is 23.1. The molecule has 4 rings (SSSR count). The first-order chi connectivity index (χ1) is 19.5. The fourth-order valence-electron chi connectivity index (χ4n) is 4.27. The van der Waals surface area contributed by atoms with Gasteiger partial charge in [-0.15, -0.1) is 6.42 Å². The molecule has 0 spiro atoms. The number of anilines is 3. The lowest BCUT2D eigenvalue weighted by Gasteiger charge is -2.28. The fourth-order valence-corrected chi connectivity index (χ4v) is 4.63. The van der Waals surface area contributed by atoms with Crippen LogP contribution in [0.3, 0.4) is 0 Å². The Bertz CT molecular complexity index is 1710. The largest absolute Gasteiger partial charge is 0.391 e. The number of imidazole rings is 1. The normalized spacial score (nSPS) is 11.5. The summed E-state index contributed by atoms with van der Waals surface area (Å²) in [5.41, 5.74) is 2.58. The van der Waals surface area contributed by atoms with Crippen LogP contribution in [0.1, 0.15) is 24.0 Å². The van der Waals surface area contributed by atoms with Crippen LogP contribution in [0.4, 0.5) is 23.1 Å². The van der Waals surface area contributed by atoms with Crippen molar-refractivity contribution in [2.75, 3.05) is 31.3 Å². The zero-order valence-corrected chi connectivity index (χ0v) is 24.6. The second kappa shape index (κ2) is 12.2. The summed E-state index contributed by atoms with van der Waals surface area (Å²) in [5.74, 6) is 3.64. The molecule has 0 saturated carbocycles. The van der Waals surface area contributed by atoms with Crippen molar-refractivity contribution in [2.24, 2.45) is 7.05 Å². The number of amides is 1. The van der Waals surface area contributed by atoms with Crippen LogP contribution in [0.5, 0.6) is 0 Å². The minimum Gasteiger partial charge on any atom is -0.358 e. The van der Waals surface area contributed by atoms with Gasteiger partial charge < -0.3 is 29.8 Å². The number of likely N-dealkylation sites (N-methyl/N-ethyl adjacent to an activating group) is 1. The monoisotopic (exact) mass is 618 g/mol. The van der Waals surface area contributed by atoms with E-state index in [0.717, 1.165) is 10.2 Å². The second-order valence-electron chi connectivity index (χ2n) is 9.91. The Morgan fingerprint density at radius 2 is 2.05 bits per heavy atom. The van der Waals surface area contributed by atoms with Crippen molar-refractivity contribution in [3.63, 3.8) is 0 Å². The Morgan fingerprint density at radius 3 is 2.76 bits per heavy atom. The summed E-state index contributed by atoms with van der Waals surface area (Å²) >= 11 is 3.43. The molecule has 0 aliphatic rings. The van der Waals surface area contributed by atoms with Crippen molar-refractivity contribution in [3.8, 4) is 12.3 Å². The Morgan fingerprint density at radius 1 is 1.27 bits per heavy atom. The van der Waals surface area contributed by atoms with Gasteiger partial charge in [0.2, 0.25) is 11.7 Å². The molecule has 0 radical (unpaired) electrons. The van der Waals surface area contributed by atoms with Gasteiger partial charge in [0.05, 0.1) is 32.4 Å². The molecule has 41 heavy (non-hydrogen) atoms. The quantitative estimate of drug-likeness (QED) is 0.0871. The summed E-state index contributed by atoms with van der Waals surface area (Å²) in [6.45, 7) is 2.73. The van der Waals surface area contributed by atoms with E-state index in [-0.39, 0.29) is 11.7 Å². The van der Waals surface area contributed by atoms with Gasteiger partial charge in [0, 0.05) is 40.7 Å². The minimum absolute atomic E-state index is 0.130. The number of aromatic nitrogens is 5. The predicted molar refractivity (Wildman–Crippen MR) is 160 cm³/mol. The maximum absolute atomic E-state index is 12.7. The second-order valence-corrected chi connectivity index (χ2v) is 10.8. The summed E-state index contributed by atoms with van der Waals surface area (Å²) in [6.07, 6.45) is 12.3. The highest BCUT2D eigenvalue weighted by Gasteiger charge is 2.30. The van der Waals surface area contributed by atoms with E-state index in [2.05, 4.69) is 52.4 Å². The first kappa shape index (κ1) is 29.3. The Labute approximate surface area is 245 Å². The number of nitrogens with zero attached hydrogens (tertiary/aromatic N) is 7. The molecule has 0 bridgehead atoms. The minimum atomic E-state index is -0.451. The van der Waals surface area contributed by atoms with Crippen molar-refractivity contribution in [2.45, 2.75) is 19.9 Å². The molecule has 1 aromatic carbocycles. The van der Waals surface area contributed by atoms with Gasteiger partial charge in [0.15, 0.2) is 5.69 Å². The number of terminal acetylenes is 1. The van der Waals surface area contributed by atoms with Crippen LogP contribution < -0.4 is 10.6 Å². The van der Waals surface area contributed by atoms with Gasteiger partial charge in [0.1, 0.15) is 24.5 Å². The van der Waals surface area contributed by atoms with Crippen molar-refractivity contribution >= 4 is 55.9 Å². The van der Waals surface area contributed by atoms with E-state index in [1.54, 1.807) is 30.0 Å². The Hall–Kier alpha value is -4.67. The van der Waals surface area contributed by atoms with Crippen LogP contribution in [-0.2, 0) is 24.8 Å². The first-order valence-corrected chi connectivity index (χ1v) is 13.4. The number of hydrogen-bond acceptors (Lipinski definition) is 8. The smallest absolute Gasteiger partial charge is 0.358 e. The number of nitrogens with one attached hydrogen (secondary N) is 2. The average Bonchev–Trinajstić information content (AvgIpc) is 3.24. The molecule has 0 atom stereocenters. The lowest BCUT2D eigenvalue weighted by molar-refractivity contribution is -0.898. The average molecular weight is 620 g/mol. The van der Waals surface area contributed by atoms with Crippen LogP contribution in [0, 0.1) is 22.5 Å². The molecular weight excluding hydrogens is 590 g/mol. The van der Waals surface area contributed by atoms with Crippen LogP contribution in [-0.4, -0.2) is 60.5 Å². The third kappa shape index (κ3) is 6.92. The van der Waals surface area contributed by atoms with Gasteiger partial charge in [-0.25, -0.2) is 15.0 Å². The van der Waals surface area contributed by atoms with Crippen LogP contribution in [0.25, 0.3) is 10.9 Å². The lowest BCUT2D eigenvalue weighted by atomic mass is 10.2. The molecule has 13 heteroatoms. The molecule has 210 valence electrons. The molecule has 2 N–H and O–H groups in total. The van der Waals surface area contributed by atoms with Gasteiger partial charge in [-0.1, -0.05) is 12.8 Å². The van der Waals surface area contributed by atoms with Gasteiger partial charge in [-0.3, -0.25) is 4.79 Å². The number of carbonyl (C=O) groups excluding carboxylic acids is 1. The summed E-state index contributed by atoms with van der Waals surface area (Å²) in [6, 6.07) is 7.22. The van der Waals surface area contributed by atoms with Crippen molar-refractivity contribution in [1.82, 2.24) is 24.5 Å². The van der Waals surface area contributed by atoms with E-state index in [1.165, 1.54) is 12.4 Å². The third-order valence-corrected chi connectivity index (χ3v) is 7.07. The number of nitro groups is 1. The van der Waals surface area contributed by atoms with Crippen LogP contribution >= 0.6 is 15.9 Å². The highest BCUT2D eigenvalue weighted by atomic mass is 79.9. The molecule has 3 heterocycles. The Balaban J connectivity index is 1.45. The molecule has 1 amide bonds. The topological polar surface area (TPSA) is 141 Å². The lowest BCUT2D eigenvalue weighted by Crippen LogP contribution is -2.39. The summed E-state index contributed by atoms with van der Waals surface area (Å²) in [5, 5.41) is 18.2. The van der Waals surface area contributed by atoms with Crippen LogP contribution in [0.15, 0.2) is 53.4 Å². The summed E-state index contributed by atoms with van der Waals surface area (Å²) in [4.78, 5) is 40.9. The Kier molecular flexibility index (Phi) is 8.75. The highest BCUT2D eigenvalue weighted by Crippen LogP contribution is 2.27. The van der Waals surface area contributed by atoms with Gasteiger partial charge in [-0.05, 0) is 56.2 Å². The maximum Gasteiger partial charge on any atom is 0.391 e. The van der Waals surface area contributed by atoms with Crippen molar-refractivity contribution < 1.29 is 14.2 Å². The van der Waals surface area contributed by atoms with Gasteiger partial charge in [0.25, 0.3) is 0 Å². The number of quaternary nitrogens is 1. The molecule has 0 saturated heterocycles. The highest BCUT2D eigenvalue weighted by molar-refractivity contribution is 9.10. The first-order valence-electron chi connectivity index (χ1n) is 12.6. The van der Waals surface area contributed by atoms with E-state index >= 15 is 0 Å². The van der Waals surface area contributed by atoms with E-state index in [4.69, 9.17) is 6.42 Å². The van der Waals surface area contributed by atoms with E-state index < -0.39 is 4.92 Å². The number of rotatable bonds is 10. The molecule has 0 fully saturated rings. The number of hydrogen-bond donors (Lipinski definition) is 2. The van der Waals surface area contributed by atoms with Crippen molar-refractivity contribution in [1.29, 1.82) is 0 Å². The standard InChI is InChI=1S/C28H28BrN9O3/c1-6-18-13-19(10-11-21(18)29)33-27-20-14-24(30-15-22(20)31-17-32-27)34-26(39)9-8-12-38(4,5)16-23-28(37(40)41)35-25(7-2)36(23)3/h1,8-11,13-15,17H,7,12,16H2,2-5H3,(H-,30,31,32,33,34,39)/p+1/b9-8+. The summed E-state index contributed by atoms with van der Waals surface area (Å²) < 4.78 is 2.97. The predicted octanol–water partition coefficient (Wildman–Crippen LogP) is 4.49. The number of pyridine rings is 1. The SMILES string of the molecule is C#Cc1cc(Nc2ncnc3cnc(NC(=O)/C=C/C[N+](C)(C)Cc4c([N+](=O)[O-])nc(CC)n4C)cc23)ccc1Br. The van der Waals surface area contributed by atoms with Gasteiger partial charge >= 0.3 is 5.82 Å². The number of halogens is 1. The molecule has 0 aliphatic carbocycles. The van der Waals surface area contributed by atoms with Crippen LogP contribution in [0.2, 0.25) is 0 Å². The molecule has 0 aliphatic heterocycles. The van der Waals surface area contributed by atoms with E-state index in [0.29, 0.717) is 63.6 Å². The molecule has 4 aromatic rings. The van der Waals surface area contributed by atoms with E-state index in [9.17, 15) is 14.9 Å². The zero-order chi connectivity index (χ0) is 29.7. The van der Waals surface area contributed by atoms with Crippen molar-refractivity contribution in [3.05, 3.63) is 80.6 Å². The summed E-state index contributed by atoms with van der Waals surface area (Å²) in [7, 11) is 5.65. The molecule has 3 aromatic heterocycles. The third-order valence-electron chi connectivity index (χ3n) is 6.38.